The predicted octanol–water partition coefficient (Wildman–Crippen LogP) is 3.05. The van der Waals surface area contributed by atoms with Crippen LogP contribution in [0.5, 0.6) is 0 Å². The van der Waals surface area contributed by atoms with Gasteiger partial charge in [0.15, 0.2) is 0 Å². The van der Waals surface area contributed by atoms with Crippen molar-refractivity contribution in [2.45, 2.75) is 18.3 Å². The smallest absolute Gasteiger partial charge is 0.238 e. The van der Waals surface area contributed by atoms with E-state index >= 15 is 0 Å². The summed E-state index contributed by atoms with van der Waals surface area (Å²) in [6.07, 6.45) is 1.62. The molecule has 2 rings (SSSR count). The van der Waals surface area contributed by atoms with Gasteiger partial charge in [0.2, 0.25) is 5.91 Å². The first kappa shape index (κ1) is 14.5. The molecule has 3 nitrogen and oxygen atoms in total. The van der Waals surface area contributed by atoms with Crippen molar-refractivity contribution < 1.29 is 9.18 Å². The number of nitrogens with zero attached hydrogens (tertiary/aromatic N) is 1. The third-order valence-corrected chi connectivity index (χ3v) is 3.01. The van der Waals surface area contributed by atoms with Gasteiger partial charge in [0, 0.05) is 6.20 Å². The quantitative estimate of drug-likeness (QED) is 0.880. The number of nitrogens with one attached hydrogen (secondary N) is 1. The van der Waals surface area contributed by atoms with E-state index < -0.39 is 11.4 Å². The molecule has 0 saturated carbocycles. The van der Waals surface area contributed by atoms with E-state index in [0.717, 1.165) is 0 Å². The Labute approximate surface area is 121 Å². The second kappa shape index (κ2) is 6.48. The molecule has 2 atom stereocenters. The molecule has 1 N–H and O–H groups in total. The van der Waals surface area contributed by atoms with E-state index in [1.165, 1.54) is 12.1 Å². The standard InChI is InChI=1S/C15H14ClFN2O/c1-10(16)15(20)19-14(13-7-2-3-8-18-13)11-5-4-6-12(17)9-11/h2-10,14H,1H3,(H,19,20). The monoisotopic (exact) mass is 292 g/mol. The number of hydrogen-bond donors (Lipinski definition) is 1. The maximum Gasteiger partial charge on any atom is 0.238 e. The summed E-state index contributed by atoms with van der Waals surface area (Å²) in [4.78, 5) is 16.0. The van der Waals surface area contributed by atoms with Gasteiger partial charge in [0.05, 0.1) is 11.7 Å². The van der Waals surface area contributed by atoms with Gasteiger partial charge in [0.25, 0.3) is 0 Å². The number of benzene rings is 1. The summed E-state index contributed by atoms with van der Waals surface area (Å²) in [7, 11) is 0. The van der Waals surface area contributed by atoms with Crippen LogP contribution in [-0.4, -0.2) is 16.3 Å². The lowest BCUT2D eigenvalue weighted by molar-refractivity contribution is -0.121. The fraction of sp³-hybridized carbons (Fsp3) is 0.200. The number of halogens is 2. The van der Waals surface area contributed by atoms with E-state index in [4.69, 9.17) is 11.6 Å². The van der Waals surface area contributed by atoms with E-state index in [2.05, 4.69) is 10.3 Å². The molecule has 0 saturated heterocycles. The van der Waals surface area contributed by atoms with E-state index in [1.54, 1.807) is 37.4 Å². The fourth-order valence-corrected chi connectivity index (χ4v) is 1.88. The molecule has 1 aromatic heterocycles. The van der Waals surface area contributed by atoms with Gasteiger partial charge in [-0.2, -0.15) is 0 Å². The Kier molecular flexibility index (Phi) is 4.69. The van der Waals surface area contributed by atoms with Gasteiger partial charge in [-0.1, -0.05) is 18.2 Å². The summed E-state index contributed by atoms with van der Waals surface area (Å²) in [5.74, 6) is -0.691. The van der Waals surface area contributed by atoms with Crippen molar-refractivity contribution in [2.24, 2.45) is 0 Å². The van der Waals surface area contributed by atoms with Gasteiger partial charge < -0.3 is 5.32 Å². The van der Waals surface area contributed by atoms with Crippen molar-refractivity contribution in [1.29, 1.82) is 0 Å². The average Bonchev–Trinajstić information content (AvgIpc) is 2.45. The van der Waals surface area contributed by atoms with Crippen LogP contribution in [0.2, 0.25) is 0 Å². The molecule has 5 heteroatoms. The molecule has 0 bridgehead atoms. The van der Waals surface area contributed by atoms with Crippen molar-refractivity contribution >= 4 is 17.5 Å². The minimum atomic E-state index is -0.672. The first-order valence-electron chi connectivity index (χ1n) is 6.19. The van der Waals surface area contributed by atoms with Crippen molar-refractivity contribution in [3.05, 3.63) is 65.7 Å². The van der Waals surface area contributed by atoms with Crippen LogP contribution in [0.25, 0.3) is 0 Å². The summed E-state index contributed by atoms with van der Waals surface area (Å²) in [5.41, 5.74) is 1.25. The minimum Gasteiger partial charge on any atom is -0.342 e. The molecule has 1 aromatic carbocycles. The zero-order valence-electron chi connectivity index (χ0n) is 10.9. The number of carbonyl (C=O) groups excluding carboxylic acids is 1. The Bertz CT molecular complexity index is 589. The van der Waals surface area contributed by atoms with E-state index in [0.29, 0.717) is 11.3 Å². The van der Waals surface area contributed by atoms with Gasteiger partial charge in [-0.05, 0) is 36.8 Å². The molecule has 0 radical (unpaired) electrons. The van der Waals surface area contributed by atoms with Crippen molar-refractivity contribution in [2.75, 3.05) is 0 Å². The molecule has 20 heavy (non-hydrogen) atoms. The number of rotatable bonds is 4. The predicted molar refractivity (Wildman–Crippen MR) is 75.9 cm³/mol. The molecule has 1 amide bonds. The Balaban J connectivity index is 2.37. The van der Waals surface area contributed by atoms with Gasteiger partial charge >= 0.3 is 0 Å². The van der Waals surface area contributed by atoms with Gasteiger partial charge in [-0.25, -0.2) is 4.39 Å². The van der Waals surface area contributed by atoms with Crippen molar-refractivity contribution in [3.8, 4) is 0 Å². The fourth-order valence-electron chi connectivity index (χ4n) is 1.82. The molecule has 0 fully saturated rings. The van der Waals surface area contributed by atoms with Crippen molar-refractivity contribution in [3.63, 3.8) is 0 Å². The van der Waals surface area contributed by atoms with Crippen LogP contribution in [0.1, 0.15) is 24.2 Å². The first-order valence-corrected chi connectivity index (χ1v) is 6.62. The number of amides is 1. The SMILES string of the molecule is CC(Cl)C(=O)NC(c1cccc(F)c1)c1ccccn1. The Morgan fingerprint density at radius 3 is 2.70 bits per heavy atom. The second-order valence-electron chi connectivity index (χ2n) is 4.37. The maximum absolute atomic E-state index is 13.4. The Hall–Kier alpha value is -1.94. The lowest BCUT2D eigenvalue weighted by atomic mass is 10.0. The van der Waals surface area contributed by atoms with Gasteiger partial charge in [0.1, 0.15) is 11.2 Å². The third kappa shape index (κ3) is 3.54. The van der Waals surface area contributed by atoms with Crippen LogP contribution < -0.4 is 5.32 Å². The Morgan fingerprint density at radius 1 is 1.30 bits per heavy atom. The molecule has 0 spiro atoms. The summed E-state index contributed by atoms with van der Waals surface area (Å²) in [6, 6.07) is 10.9. The summed E-state index contributed by atoms with van der Waals surface area (Å²) >= 11 is 5.77. The molecular formula is C15H14ClFN2O. The summed E-state index contributed by atoms with van der Waals surface area (Å²) in [5, 5.41) is 2.10. The summed E-state index contributed by atoms with van der Waals surface area (Å²) < 4.78 is 13.4. The van der Waals surface area contributed by atoms with Crippen LogP contribution in [0.4, 0.5) is 4.39 Å². The lowest BCUT2D eigenvalue weighted by Gasteiger charge is -2.19. The normalized spacial score (nSPS) is 13.6. The van der Waals surface area contributed by atoms with Crippen LogP contribution >= 0.6 is 11.6 Å². The number of hydrogen-bond acceptors (Lipinski definition) is 2. The van der Waals surface area contributed by atoms with E-state index in [-0.39, 0.29) is 11.7 Å². The highest BCUT2D eigenvalue weighted by Gasteiger charge is 2.20. The first-order chi connectivity index (χ1) is 9.58. The van der Waals surface area contributed by atoms with E-state index in [1.807, 2.05) is 6.07 Å². The van der Waals surface area contributed by atoms with Crippen LogP contribution in [-0.2, 0) is 4.79 Å². The maximum atomic E-state index is 13.4. The third-order valence-electron chi connectivity index (χ3n) is 2.81. The van der Waals surface area contributed by atoms with Crippen LogP contribution in [0.15, 0.2) is 48.7 Å². The Morgan fingerprint density at radius 2 is 2.10 bits per heavy atom. The minimum absolute atomic E-state index is 0.327. The highest BCUT2D eigenvalue weighted by Crippen LogP contribution is 2.21. The van der Waals surface area contributed by atoms with Gasteiger partial charge in [-0.3, -0.25) is 9.78 Å². The molecule has 1 heterocycles. The van der Waals surface area contributed by atoms with Gasteiger partial charge in [-0.15, -0.1) is 11.6 Å². The van der Waals surface area contributed by atoms with Crippen LogP contribution in [0.3, 0.4) is 0 Å². The van der Waals surface area contributed by atoms with Crippen molar-refractivity contribution in [1.82, 2.24) is 10.3 Å². The zero-order chi connectivity index (χ0) is 14.5. The molecule has 104 valence electrons. The second-order valence-corrected chi connectivity index (χ2v) is 5.02. The largest absolute Gasteiger partial charge is 0.342 e. The number of pyridine rings is 1. The lowest BCUT2D eigenvalue weighted by Crippen LogP contribution is -2.34. The molecule has 2 aromatic rings. The van der Waals surface area contributed by atoms with Crippen LogP contribution in [0, 0.1) is 5.82 Å². The molecule has 0 aliphatic heterocycles. The number of carbonyl (C=O) groups is 1. The van der Waals surface area contributed by atoms with E-state index in [9.17, 15) is 9.18 Å². The average molecular weight is 293 g/mol. The topological polar surface area (TPSA) is 42.0 Å². The molecular weight excluding hydrogens is 279 g/mol. The summed E-state index contributed by atoms with van der Waals surface area (Å²) in [6.45, 7) is 1.58. The highest BCUT2D eigenvalue weighted by atomic mass is 35.5. The molecule has 0 aliphatic carbocycles. The highest BCUT2D eigenvalue weighted by molar-refractivity contribution is 6.30. The molecule has 0 aliphatic rings. The zero-order valence-corrected chi connectivity index (χ0v) is 11.6. The number of alkyl halides is 1. The number of aromatic nitrogens is 1. The molecule has 2 unspecified atom stereocenters.